The topological polar surface area (TPSA) is 38.0 Å². The molecule has 1 saturated carbocycles. The quantitative estimate of drug-likeness (QED) is 0.841. The van der Waals surface area contributed by atoms with Gasteiger partial charge in [-0.05, 0) is 56.3 Å². The number of hydrogen-bond donors (Lipinski definition) is 2. The number of rotatable bonds is 4. The summed E-state index contributed by atoms with van der Waals surface area (Å²) in [5.74, 6) is -0.164. The van der Waals surface area contributed by atoms with Crippen molar-refractivity contribution < 1.29 is 4.39 Å². The lowest BCUT2D eigenvalue weighted by Crippen LogP contribution is -2.38. The van der Waals surface area contributed by atoms with Crippen molar-refractivity contribution in [3.63, 3.8) is 0 Å². The zero-order chi connectivity index (χ0) is 12.1. The van der Waals surface area contributed by atoms with Crippen LogP contribution in [0.4, 0.5) is 4.39 Å². The van der Waals surface area contributed by atoms with Gasteiger partial charge in [0.1, 0.15) is 5.82 Å². The third-order valence-corrected chi connectivity index (χ3v) is 3.53. The minimum Gasteiger partial charge on any atom is -0.328 e. The molecule has 1 aliphatic rings. The zero-order valence-electron chi connectivity index (χ0n) is 10.2. The molecule has 1 aliphatic carbocycles. The molecule has 1 aromatic rings. The summed E-state index contributed by atoms with van der Waals surface area (Å²) in [5, 5.41) is 3.56. The van der Waals surface area contributed by atoms with Crippen LogP contribution in [0.1, 0.15) is 31.2 Å². The fraction of sp³-hybridized carbons (Fsp3) is 0.571. The highest BCUT2D eigenvalue weighted by atomic mass is 19.1. The Balaban J connectivity index is 1.67. The summed E-state index contributed by atoms with van der Waals surface area (Å²) in [4.78, 5) is 0. The average molecular weight is 236 g/mol. The summed E-state index contributed by atoms with van der Waals surface area (Å²) in [5.41, 5.74) is 7.05. The standard InChI is InChI=1S/C14H21FN2/c15-12-3-1-11(2-4-12)9-10-17-14-7-5-13(16)6-8-14/h1-4,13-14,17H,5-10,16H2/t13-,14-. The van der Waals surface area contributed by atoms with Gasteiger partial charge in [0.25, 0.3) is 0 Å². The molecule has 0 radical (unpaired) electrons. The summed E-state index contributed by atoms with van der Waals surface area (Å²) in [7, 11) is 0. The van der Waals surface area contributed by atoms with Crippen molar-refractivity contribution in [2.75, 3.05) is 6.54 Å². The Bertz CT molecular complexity index is 329. The minimum absolute atomic E-state index is 0.164. The lowest BCUT2D eigenvalue weighted by molar-refractivity contribution is 0.344. The van der Waals surface area contributed by atoms with E-state index in [-0.39, 0.29) is 5.82 Å². The predicted octanol–water partition coefficient (Wildman–Crippen LogP) is 2.23. The maximum atomic E-state index is 12.7. The van der Waals surface area contributed by atoms with Gasteiger partial charge in [0.05, 0.1) is 0 Å². The number of hydrogen-bond acceptors (Lipinski definition) is 2. The Morgan fingerprint density at radius 1 is 1.12 bits per heavy atom. The van der Waals surface area contributed by atoms with Crippen LogP contribution in [0.2, 0.25) is 0 Å². The van der Waals surface area contributed by atoms with Crippen LogP contribution in [0.25, 0.3) is 0 Å². The van der Waals surface area contributed by atoms with E-state index in [9.17, 15) is 4.39 Å². The number of halogens is 1. The molecule has 0 heterocycles. The summed E-state index contributed by atoms with van der Waals surface area (Å²) < 4.78 is 12.7. The Labute approximate surface area is 102 Å². The van der Waals surface area contributed by atoms with E-state index in [1.54, 1.807) is 0 Å². The fourth-order valence-electron chi connectivity index (χ4n) is 2.40. The van der Waals surface area contributed by atoms with Crippen molar-refractivity contribution in [3.05, 3.63) is 35.6 Å². The van der Waals surface area contributed by atoms with Gasteiger partial charge in [0, 0.05) is 12.1 Å². The number of nitrogens with one attached hydrogen (secondary N) is 1. The van der Waals surface area contributed by atoms with Crippen molar-refractivity contribution in [3.8, 4) is 0 Å². The molecule has 0 saturated heterocycles. The molecule has 0 aliphatic heterocycles. The lowest BCUT2D eigenvalue weighted by Gasteiger charge is -2.26. The second-order valence-corrected chi connectivity index (χ2v) is 4.94. The van der Waals surface area contributed by atoms with Crippen LogP contribution in [0.5, 0.6) is 0 Å². The van der Waals surface area contributed by atoms with E-state index < -0.39 is 0 Å². The molecule has 2 rings (SSSR count). The molecule has 2 nitrogen and oxygen atoms in total. The average Bonchev–Trinajstić information content (AvgIpc) is 2.34. The van der Waals surface area contributed by atoms with Gasteiger partial charge in [0.15, 0.2) is 0 Å². The highest BCUT2D eigenvalue weighted by Gasteiger charge is 2.17. The van der Waals surface area contributed by atoms with Crippen LogP contribution >= 0.6 is 0 Å². The van der Waals surface area contributed by atoms with Crippen molar-refractivity contribution in [2.24, 2.45) is 5.73 Å². The van der Waals surface area contributed by atoms with E-state index in [0.29, 0.717) is 12.1 Å². The van der Waals surface area contributed by atoms with Crippen LogP contribution in [0, 0.1) is 5.82 Å². The second kappa shape index (κ2) is 6.12. The minimum atomic E-state index is -0.164. The van der Waals surface area contributed by atoms with E-state index in [2.05, 4.69) is 5.32 Å². The van der Waals surface area contributed by atoms with Gasteiger partial charge in [-0.15, -0.1) is 0 Å². The van der Waals surface area contributed by atoms with E-state index in [4.69, 9.17) is 5.73 Å². The molecule has 1 aromatic carbocycles. The summed E-state index contributed by atoms with van der Waals surface area (Å²) >= 11 is 0. The molecule has 0 atom stereocenters. The van der Waals surface area contributed by atoms with E-state index in [1.165, 1.54) is 30.5 Å². The summed E-state index contributed by atoms with van der Waals surface area (Å²) in [6.07, 6.45) is 5.60. The zero-order valence-corrected chi connectivity index (χ0v) is 10.2. The molecule has 0 bridgehead atoms. The van der Waals surface area contributed by atoms with Gasteiger partial charge in [-0.2, -0.15) is 0 Å². The van der Waals surface area contributed by atoms with Gasteiger partial charge >= 0.3 is 0 Å². The van der Waals surface area contributed by atoms with E-state index in [0.717, 1.165) is 25.8 Å². The van der Waals surface area contributed by atoms with Crippen LogP contribution in [0.15, 0.2) is 24.3 Å². The summed E-state index contributed by atoms with van der Waals surface area (Å²) in [6, 6.07) is 7.78. The molecule has 0 aromatic heterocycles. The summed E-state index contributed by atoms with van der Waals surface area (Å²) in [6.45, 7) is 0.964. The van der Waals surface area contributed by atoms with E-state index in [1.807, 2.05) is 12.1 Å². The smallest absolute Gasteiger partial charge is 0.123 e. The van der Waals surface area contributed by atoms with Gasteiger partial charge in [-0.3, -0.25) is 0 Å². The predicted molar refractivity (Wildman–Crippen MR) is 68.3 cm³/mol. The first-order chi connectivity index (χ1) is 8.24. The Morgan fingerprint density at radius 3 is 2.41 bits per heavy atom. The molecule has 0 unspecified atom stereocenters. The highest BCUT2D eigenvalue weighted by molar-refractivity contribution is 5.16. The third kappa shape index (κ3) is 4.10. The maximum Gasteiger partial charge on any atom is 0.123 e. The molecular weight excluding hydrogens is 215 g/mol. The molecule has 1 fully saturated rings. The van der Waals surface area contributed by atoms with Crippen molar-refractivity contribution in [1.29, 1.82) is 0 Å². The molecular formula is C14H21FN2. The fourth-order valence-corrected chi connectivity index (χ4v) is 2.40. The largest absolute Gasteiger partial charge is 0.328 e. The van der Waals surface area contributed by atoms with Crippen LogP contribution in [-0.2, 0) is 6.42 Å². The Hall–Kier alpha value is -0.930. The third-order valence-electron chi connectivity index (χ3n) is 3.53. The van der Waals surface area contributed by atoms with Crippen molar-refractivity contribution in [1.82, 2.24) is 5.32 Å². The highest BCUT2D eigenvalue weighted by Crippen LogP contribution is 2.16. The molecule has 94 valence electrons. The number of nitrogens with two attached hydrogens (primary N) is 1. The molecule has 17 heavy (non-hydrogen) atoms. The van der Waals surface area contributed by atoms with Crippen LogP contribution < -0.4 is 11.1 Å². The van der Waals surface area contributed by atoms with E-state index >= 15 is 0 Å². The Kier molecular flexibility index (Phi) is 4.51. The number of benzene rings is 1. The SMILES string of the molecule is N[C@H]1CC[C@H](NCCc2ccc(F)cc2)CC1. The van der Waals surface area contributed by atoms with Gasteiger partial charge in [-0.1, -0.05) is 12.1 Å². The van der Waals surface area contributed by atoms with Gasteiger partial charge < -0.3 is 11.1 Å². The normalized spacial score (nSPS) is 24.8. The molecule has 0 spiro atoms. The lowest BCUT2D eigenvalue weighted by atomic mass is 9.92. The van der Waals surface area contributed by atoms with Crippen LogP contribution in [0.3, 0.4) is 0 Å². The first-order valence-electron chi connectivity index (χ1n) is 6.47. The van der Waals surface area contributed by atoms with Crippen LogP contribution in [-0.4, -0.2) is 18.6 Å². The van der Waals surface area contributed by atoms with Gasteiger partial charge in [-0.25, -0.2) is 4.39 Å². The maximum absolute atomic E-state index is 12.7. The molecule has 3 heteroatoms. The second-order valence-electron chi connectivity index (χ2n) is 4.94. The Morgan fingerprint density at radius 2 is 1.76 bits per heavy atom. The monoisotopic (exact) mass is 236 g/mol. The molecule has 3 N–H and O–H groups in total. The van der Waals surface area contributed by atoms with Crippen molar-refractivity contribution in [2.45, 2.75) is 44.2 Å². The first-order valence-corrected chi connectivity index (χ1v) is 6.47. The molecule has 0 amide bonds. The van der Waals surface area contributed by atoms with Crippen molar-refractivity contribution >= 4 is 0 Å². The van der Waals surface area contributed by atoms with Gasteiger partial charge in [0.2, 0.25) is 0 Å². The first kappa shape index (κ1) is 12.5.